The largest absolute Gasteiger partial charge is 0.392 e. The van der Waals surface area contributed by atoms with E-state index in [9.17, 15) is 5.11 Å². The average Bonchev–Trinajstić information content (AvgIpc) is 2.66. The Morgan fingerprint density at radius 2 is 2.20 bits per heavy atom. The van der Waals surface area contributed by atoms with Crippen LogP contribution in [-0.4, -0.2) is 25.8 Å². The van der Waals surface area contributed by atoms with Crippen molar-refractivity contribution in [3.8, 4) is 0 Å². The molecule has 2 atom stereocenters. The summed E-state index contributed by atoms with van der Waals surface area (Å²) in [6.45, 7) is 3.83. The van der Waals surface area contributed by atoms with Gasteiger partial charge in [0.05, 0.1) is 11.1 Å². The van der Waals surface area contributed by atoms with Gasteiger partial charge in [0.2, 0.25) is 0 Å². The average molecular weight is 222 g/mol. The summed E-state index contributed by atoms with van der Waals surface area (Å²) in [5.41, 5.74) is 0.942. The van der Waals surface area contributed by atoms with E-state index >= 15 is 0 Å². The molecule has 2 unspecified atom stereocenters. The van der Waals surface area contributed by atoms with Crippen LogP contribution in [0.25, 0.3) is 5.65 Å². The first kappa shape index (κ1) is 10.5. The standard InChI is InChI=1S/C11H14N2OS/c1-8(14)9(2)15-11-5-3-4-10-12-6-7-13(10)11/h3-9,14H,1-2H3. The molecule has 4 heteroatoms. The third kappa shape index (κ3) is 2.16. The number of fused-ring (bicyclic) bond motifs is 1. The quantitative estimate of drug-likeness (QED) is 0.809. The lowest BCUT2D eigenvalue weighted by molar-refractivity contribution is 0.196. The van der Waals surface area contributed by atoms with Gasteiger partial charge in [-0.15, -0.1) is 11.8 Å². The van der Waals surface area contributed by atoms with Crippen LogP contribution in [0, 0.1) is 0 Å². The number of pyridine rings is 1. The molecular weight excluding hydrogens is 208 g/mol. The zero-order chi connectivity index (χ0) is 10.8. The molecule has 0 aliphatic heterocycles. The van der Waals surface area contributed by atoms with Gasteiger partial charge in [-0.05, 0) is 19.1 Å². The molecule has 0 aliphatic rings. The van der Waals surface area contributed by atoms with Crippen LogP contribution >= 0.6 is 11.8 Å². The fourth-order valence-electron chi connectivity index (χ4n) is 1.31. The van der Waals surface area contributed by atoms with Crippen molar-refractivity contribution in [2.24, 2.45) is 0 Å². The molecule has 0 saturated carbocycles. The minimum absolute atomic E-state index is 0.179. The zero-order valence-corrected chi connectivity index (χ0v) is 9.61. The number of imidazole rings is 1. The normalized spacial score (nSPS) is 15.4. The summed E-state index contributed by atoms with van der Waals surface area (Å²) in [5.74, 6) is 0. The molecule has 2 aromatic rings. The molecule has 0 amide bonds. The van der Waals surface area contributed by atoms with Gasteiger partial charge in [-0.3, -0.25) is 4.40 Å². The number of aromatic nitrogens is 2. The number of aliphatic hydroxyl groups is 1. The highest BCUT2D eigenvalue weighted by molar-refractivity contribution is 7.99. The Labute approximate surface area is 93.1 Å². The summed E-state index contributed by atoms with van der Waals surface area (Å²) in [6.07, 6.45) is 3.41. The molecule has 0 aromatic carbocycles. The van der Waals surface area contributed by atoms with E-state index in [-0.39, 0.29) is 11.4 Å². The van der Waals surface area contributed by atoms with Gasteiger partial charge >= 0.3 is 0 Å². The lowest BCUT2D eigenvalue weighted by atomic mass is 10.3. The molecule has 0 saturated heterocycles. The zero-order valence-electron chi connectivity index (χ0n) is 8.79. The highest BCUT2D eigenvalue weighted by Crippen LogP contribution is 2.25. The first-order chi connectivity index (χ1) is 7.18. The van der Waals surface area contributed by atoms with Gasteiger partial charge in [0.25, 0.3) is 0 Å². The van der Waals surface area contributed by atoms with E-state index in [1.807, 2.05) is 42.6 Å². The van der Waals surface area contributed by atoms with Gasteiger partial charge in [0.1, 0.15) is 5.65 Å². The van der Waals surface area contributed by atoms with Gasteiger partial charge in [0.15, 0.2) is 0 Å². The Bertz CT molecular complexity index is 453. The molecule has 1 N–H and O–H groups in total. The van der Waals surface area contributed by atoms with E-state index < -0.39 is 0 Å². The smallest absolute Gasteiger partial charge is 0.137 e. The van der Waals surface area contributed by atoms with Gasteiger partial charge in [-0.1, -0.05) is 13.0 Å². The molecule has 15 heavy (non-hydrogen) atoms. The highest BCUT2D eigenvalue weighted by Gasteiger charge is 2.12. The summed E-state index contributed by atoms with van der Waals surface area (Å²) in [6, 6.07) is 5.99. The SMILES string of the molecule is CC(O)C(C)Sc1cccc2nccn12. The predicted octanol–water partition coefficient (Wildman–Crippen LogP) is 2.20. The number of rotatable bonds is 3. The highest BCUT2D eigenvalue weighted by atomic mass is 32.2. The van der Waals surface area contributed by atoms with Crippen molar-refractivity contribution in [3.63, 3.8) is 0 Å². The topological polar surface area (TPSA) is 37.5 Å². The summed E-state index contributed by atoms with van der Waals surface area (Å²) in [5, 5.41) is 10.7. The van der Waals surface area contributed by atoms with E-state index in [4.69, 9.17) is 0 Å². The first-order valence-corrected chi connectivity index (χ1v) is 5.83. The summed E-state index contributed by atoms with van der Waals surface area (Å²) in [4.78, 5) is 4.22. The molecular formula is C11H14N2OS. The van der Waals surface area contributed by atoms with Crippen molar-refractivity contribution in [2.75, 3.05) is 0 Å². The molecule has 3 nitrogen and oxygen atoms in total. The van der Waals surface area contributed by atoms with E-state index in [1.165, 1.54) is 0 Å². The van der Waals surface area contributed by atoms with Crippen molar-refractivity contribution in [2.45, 2.75) is 30.2 Å². The number of nitrogens with zero attached hydrogens (tertiary/aromatic N) is 2. The van der Waals surface area contributed by atoms with Gasteiger partial charge in [-0.2, -0.15) is 0 Å². The Hall–Kier alpha value is -1.00. The van der Waals surface area contributed by atoms with Gasteiger partial charge in [-0.25, -0.2) is 4.98 Å². The lowest BCUT2D eigenvalue weighted by Crippen LogP contribution is -2.15. The second-order valence-corrected chi connectivity index (χ2v) is 4.98. The molecule has 80 valence electrons. The number of thioether (sulfide) groups is 1. The molecule has 2 aromatic heterocycles. The number of hydrogen-bond donors (Lipinski definition) is 1. The Balaban J connectivity index is 2.31. The second kappa shape index (κ2) is 4.24. The van der Waals surface area contributed by atoms with Gasteiger partial charge < -0.3 is 5.11 Å². The minimum Gasteiger partial charge on any atom is -0.392 e. The molecule has 0 spiro atoms. The van der Waals surface area contributed by atoms with E-state index in [1.54, 1.807) is 18.0 Å². The number of hydrogen-bond acceptors (Lipinski definition) is 3. The van der Waals surface area contributed by atoms with Gasteiger partial charge in [0, 0.05) is 17.6 Å². The van der Waals surface area contributed by atoms with Crippen molar-refractivity contribution < 1.29 is 5.11 Å². The van der Waals surface area contributed by atoms with Crippen LogP contribution in [0.4, 0.5) is 0 Å². The fraction of sp³-hybridized carbons (Fsp3) is 0.364. The van der Waals surface area contributed by atoms with E-state index in [0.29, 0.717) is 0 Å². The van der Waals surface area contributed by atoms with Crippen LogP contribution < -0.4 is 0 Å². The summed E-state index contributed by atoms with van der Waals surface area (Å²) >= 11 is 1.66. The Morgan fingerprint density at radius 1 is 1.40 bits per heavy atom. The van der Waals surface area contributed by atoms with Crippen molar-refractivity contribution in [1.82, 2.24) is 9.38 Å². The molecule has 0 fully saturated rings. The van der Waals surface area contributed by atoms with Crippen molar-refractivity contribution >= 4 is 17.4 Å². The third-order valence-corrected chi connectivity index (χ3v) is 3.72. The third-order valence-electron chi connectivity index (χ3n) is 2.38. The monoisotopic (exact) mass is 222 g/mol. The van der Waals surface area contributed by atoms with E-state index in [0.717, 1.165) is 10.7 Å². The van der Waals surface area contributed by atoms with Crippen LogP contribution in [0.1, 0.15) is 13.8 Å². The second-order valence-electron chi connectivity index (χ2n) is 3.58. The van der Waals surface area contributed by atoms with E-state index in [2.05, 4.69) is 4.98 Å². The predicted molar refractivity (Wildman–Crippen MR) is 62.2 cm³/mol. The molecule has 0 bridgehead atoms. The maximum Gasteiger partial charge on any atom is 0.137 e. The maximum atomic E-state index is 9.46. The first-order valence-electron chi connectivity index (χ1n) is 4.95. The lowest BCUT2D eigenvalue weighted by Gasteiger charge is -2.14. The van der Waals surface area contributed by atoms with Crippen LogP contribution in [0.2, 0.25) is 0 Å². The van der Waals surface area contributed by atoms with Crippen LogP contribution in [0.15, 0.2) is 35.6 Å². The molecule has 2 heterocycles. The van der Waals surface area contributed by atoms with Crippen molar-refractivity contribution in [1.29, 1.82) is 0 Å². The number of aliphatic hydroxyl groups excluding tert-OH is 1. The maximum absolute atomic E-state index is 9.46. The summed E-state index contributed by atoms with van der Waals surface area (Å²) in [7, 11) is 0. The molecule has 0 aliphatic carbocycles. The Kier molecular flexibility index (Phi) is 2.98. The van der Waals surface area contributed by atoms with Crippen LogP contribution in [-0.2, 0) is 0 Å². The Morgan fingerprint density at radius 3 is 2.93 bits per heavy atom. The van der Waals surface area contributed by atoms with Crippen LogP contribution in [0.5, 0.6) is 0 Å². The minimum atomic E-state index is -0.311. The summed E-state index contributed by atoms with van der Waals surface area (Å²) < 4.78 is 2.03. The fourth-order valence-corrected chi connectivity index (χ4v) is 2.31. The van der Waals surface area contributed by atoms with Crippen LogP contribution in [0.3, 0.4) is 0 Å². The molecule has 2 rings (SSSR count). The molecule has 0 radical (unpaired) electrons. The van der Waals surface area contributed by atoms with Crippen molar-refractivity contribution in [3.05, 3.63) is 30.6 Å².